The van der Waals surface area contributed by atoms with Crippen molar-refractivity contribution in [2.24, 2.45) is 0 Å². The van der Waals surface area contributed by atoms with Gasteiger partial charge in [0.25, 0.3) is 0 Å². The maximum atomic E-state index is 11.3. The molecule has 0 bridgehead atoms. The van der Waals surface area contributed by atoms with E-state index >= 15 is 0 Å². The summed E-state index contributed by atoms with van der Waals surface area (Å²) < 4.78 is 9.88. The number of benzene rings is 1. The Morgan fingerprint density at radius 1 is 1.50 bits per heavy atom. The second-order valence-electron chi connectivity index (χ2n) is 3.16. The molecule has 5 heteroatoms. The Kier molecular flexibility index (Phi) is 4.43. The Balaban J connectivity index is 2.95. The highest BCUT2D eigenvalue weighted by molar-refractivity contribution is 6.31. The Morgan fingerprint density at radius 3 is 2.75 bits per heavy atom. The number of carbonyl (C=O) groups is 1. The minimum atomic E-state index is -0.335. The zero-order valence-corrected chi connectivity index (χ0v) is 10.0. The van der Waals surface area contributed by atoms with Crippen LogP contribution in [0.5, 0.6) is 5.75 Å². The molecule has 0 heterocycles. The summed E-state index contributed by atoms with van der Waals surface area (Å²) in [5, 5.41) is 0.477. The predicted octanol–water partition coefficient (Wildman–Crippen LogP) is 2.04. The molecule has 4 nitrogen and oxygen atoms in total. The molecule has 0 spiro atoms. The molecule has 0 unspecified atom stereocenters. The van der Waals surface area contributed by atoms with Crippen molar-refractivity contribution in [1.29, 1.82) is 0 Å². The van der Waals surface area contributed by atoms with E-state index in [1.165, 1.54) is 7.11 Å². The van der Waals surface area contributed by atoms with Gasteiger partial charge in [-0.2, -0.15) is 0 Å². The number of ether oxygens (including phenoxy) is 2. The van der Waals surface area contributed by atoms with Gasteiger partial charge in [0.1, 0.15) is 5.75 Å². The monoisotopic (exact) mass is 243 g/mol. The number of anilines is 1. The topological polar surface area (TPSA) is 61.5 Å². The van der Waals surface area contributed by atoms with Crippen LogP contribution in [0.3, 0.4) is 0 Å². The van der Waals surface area contributed by atoms with Crippen molar-refractivity contribution in [3.05, 3.63) is 22.7 Å². The highest BCUT2D eigenvalue weighted by Crippen LogP contribution is 2.30. The smallest absolute Gasteiger partial charge is 0.310 e. The first-order chi connectivity index (χ1) is 7.58. The molecule has 0 aliphatic rings. The lowest BCUT2D eigenvalue weighted by Crippen LogP contribution is -2.09. The number of nitrogens with two attached hydrogens (primary N) is 1. The van der Waals surface area contributed by atoms with Gasteiger partial charge in [0.15, 0.2) is 0 Å². The fourth-order valence-corrected chi connectivity index (χ4v) is 1.56. The number of halogens is 1. The maximum absolute atomic E-state index is 11.3. The van der Waals surface area contributed by atoms with Crippen LogP contribution >= 0.6 is 11.6 Å². The maximum Gasteiger partial charge on any atom is 0.310 e. The van der Waals surface area contributed by atoms with Crippen molar-refractivity contribution < 1.29 is 14.3 Å². The van der Waals surface area contributed by atoms with Crippen molar-refractivity contribution in [2.45, 2.75) is 13.3 Å². The Hall–Kier alpha value is -1.42. The van der Waals surface area contributed by atoms with E-state index in [4.69, 9.17) is 26.8 Å². The number of carbonyl (C=O) groups excluding carboxylic acids is 1. The van der Waals surface area contributed by atoms with Gasteiger partial charge in [-0.1, -0.05) is 11.6 Å². The first-order valence-corrected chi connectivity index (χ1v) is 5.23. The van der Waals surface area contributed by atoms with Gasteiger partial charge >= 0.3 is 5.97 Å². The molecule has 88 valence electrons. The third-order valence-electron chi connectivity index (χ3n) is 2.05. The molecular weight excluding hydrogens is 230 g/mol. The highest BCUT2D eigenvalue weighted by Gasteiger charge is 2.12. The van der Waals surface area contributed by atoms with Gasteiger partial charge in [-0.25, -0.2) is 0 Å². The van der Waals surface area contributed by atoms with Gasteiger partial charge in [-0.3, -0.25) is 4.79 Å². The molecule has 0 atom stereocenters. The van der Waals surface area contributed by atoms with Gasteiger partial charge in [0.05, 0.1) is 25.8 Å². The number of rotatable bonds is 4. The zero-order chi connectivity index (χ0) is 12.1. The molecule has 0 aliphatic heterocycles. The molecule has 0 saturated carbocycles. The van der Waals surface area contributed by atoms with E-state index in [0.29, 0.717) is 28.6 Å². The molecule has 1 aromatic carbocycles. The predicted molar refractivity (Wildman–Crippen MR) is 62.8 cm³/mol. The number of hydrogen-bond acceptors (Lipinski definition) is 4. The van der Waals surface area contributed by atoms with Crippen LogP contribution in [0.2, 0.25) is 5.02 Å². The average Bonchev–Trinajstić information content (AvgIpc) is 2.23. The fraction of sp³-hybridized carbons (Fsp3) is 0.364. The van der Waals surface area contributed by atoms with Crippen LogP contribution in [0, 0.1) is 0 Å². The molecular formula is C11H14ClNO3. The van der Waals surface area contributed by atoms with E-state index in [0.717, 1.165) is 0 Å². The van der Waals surface area contributed by atoms with Gasteiger partial charge < -0.3 is 15.2 Å². The summed E-state index contributed by atoms with van der Waals surface area (Å²) in [7, 11) is 1.50. The van der Waals surface area contributed by atoms with Crippen molar-refractivity contribution in [3.8, 4) is 5.75 Å². The SMILES string of the molecule is CCOC(=O)Cc1cc(Cl)cc(OC)c1N. The third kappa shape index (κ3) is 3.03. The largest absolute Gasteiger partial charge is 0.495 e. The van der Waals surface area contributed by atoms with Gasteiger partial charge in [-0.15, -0.1) is 0 Å². The van der Waals surface area contributed by atoms with Crippen LogP contribution < -0.4 is 10.5 Å². The minimum absolute atomic E-state index is 0.0938. The van der Waals surface area contributed by atoms with E-state index in [2.05, 4.69) is 0 Å². The number of methoxy groups -OCH3 is 1. The Bertz CT molecular complexity index is 393. The molecule has 0 amide bonds. The van der Waals surface area contributed by atoms with E-state index in [-0.39, 0.29) is 12.4 Å². The van der Waals surface area contributed by atoms with Crippen LogP contribution in [-0.2, 0) is 16.0 Å². The molecule has 0 saturated heterocycles. The van der Waals surface area contributed by atoms with Crippen LogP contribution in [-0.4, -0.2) is 19.7 Å². The van der Waals surface area contributed by atoms with Gasteiger partial charge in [0, 0.05) is 11.1 Å². The summed E-state index contributed by atoms with van der Waals surface area (Å²) in [6.07, 6.45) is 0.0938. The Labute approximate surface area is 99.3 Å². The average molecular weight is 244 g/mol. The number of hydrogen-bond donors (Lipinski definition) is 1. The van der Waals surface area contributed by atoms with Gasteiger partial charge in [-0.05, 0) is 18.6 Å². The lowest BCUT2D eigenvalue weighted by atomic mass is 10.1. The second kappa shape index (κ2) is 5.61. The van der Waals surface area contributed by atoms with Crippen LogP contribution in [0.25, 0.3) is 0 Å². The van der Waals surface area contributed by atoms with E-state index in [1.54, 1.807) is 19.1 Å². The van der Waals surface area contributed by atoms with Crippen molar-refractivity contribution in [2.75, 3.05) is 19.5 Å². The summed E-state index contributed by atoms with van der Waals surface area (Å²) in [5.41, 5.74) is 6.85. The molecule has 1 aromatic rings. The molecule has 0 aromatic heterocycles. The molecule has 1 rings (SSSR count). The van der Waals surface area contributed by atoms with Gasteiger partial charge in [0.2, 0.25) is 0 Å². The summed E-state index contributed by atoms with van der Waals surface area (Å²) in [4.78, 5) is 11.3. The summed E-state index contributed by atoms with van der Waals surface area (Å²) in [6, 6.07) is 3.24. The number of esters is 1. The van der Waals surface area contributed by atoms with E-state index in [9.17, 15) is 4.79 Å². The lowest BCUT2D eigenvalue weighted by Gasteiger charge is -2.10. The quantitative estimate of drug-likeness (QED) is 0.649. The Morgan fingerprint density at radius 2 is 2.19 bits per heavy atom. The number of nitrogen functional groups attached to an aromatic ring is 1. The van der Waals surface area contributed by atoms with Crippen LogP contribution in [0.15, 0.2) is 12.1 Å². The van der Waals surface area contributed by atoms with E-state index in [1.807, 2.05) is 0 Å². The molecule has 0 aliphatic carbocycles. The third-order valence-corrected chi connectivity index (χ3v) is 2.27. The second-order valence-corrected chi connectivity index (χ2v) is 3.60. The molecule has 16 heavy (non-hydrogen) atoms. The first-order valence-electron chi connectivity index (χ1n) is 4.86. The molecule has 2 N–H and O–H groups in total. The fourth-order valence-electron chi connectivity index (χ4n) is 1.33. The normalized spacial score (nSPS) is 9.94. The highest BCUT2D eigenvalue weighted by atomic mass is 35.5. The molecule has 0 radical (unpaired) electrons. The molecule has 0 fully saturated rings. The summed E-state index contributed by atoms with van der Waals surface area (Å²) in [5.74, 6) is 0.130. The van der Waals surface area contributed by atoms with Crippen LogP contribution in [0.1, 0.15) is 12.5 Å². The van der Waals surface area contributed by atoms with Crippen molar-refractivity contribution in [1.82, 2.24) is 0 Å². The minimum Gasteiger partial charge on any atom is -0.495 e. The van der Waals surface area contributed by atoms with Crippen LogP contribution in [0.4, 0.5) is 5.69 Å². The summed E-state index contributed by atoms with van der Waals surface area (Å²) in [6.45, 7) is 2.09. The van der Waals surface area contributed by atoms with Crippen molar-refractivity contribution >= 4 is 23.3 Å². The first kappa shape index (κ1) is 12.6. The summed E-state index contributed by atoms with van der Waals surface area (Å²) >= 11 is 5.87. The van der Waals surface area contributed by atoms with E-state index < -0.39 is 0 Å². The standard InChI is InChI=1S/C11H14ClNO3/c1-3-16-10(14)5-7-4-8(12)6-9(15-2)11(7)13/h4,6H,3,5,13H2,1-2H3. The zero-order valence-electron chi connectivity index (χ0n) is 9.25. The lowest BCUT2D eigenvalue weighted by molar-refractivity contribution is -0.142. The van der Waals surface area contributed by atoms with Crippen molar-refractivity contribution in [3.63, 3.8) is 0 Å².